The van der Waals surface area contributed by atoms with Crippen LogP contribution in [0, 0.1) is 6.92 Å². The summed E-state index contributed by atoms with van der Waals surface area (Å²) in [6, 6.07) is 8.38. The van der Waals surface area contributed by atoms with Gasteiger partial charge in [-0.25, -0.2) is 0 Å². The maximum atomic E-state index is 12.4. The molecular formula is C17H24BrNO2. The van der Waals surface area contributed by atoms with Crippen LogP contribution in [-0.4, -0.2) is 35.3 Å². The first kappa shape index (κ1) is 16.3. The Morgan fingerprint density at radius 3 is 2.81 bits per heavy atom. The largest absolute Gasteiger partial charge is 0.493 e. The first-order valence-electron chi connectivity index (χ1n) is 7.75. The van der Waals surface area contributed by atoms with Gasteiger partial charge < -0.3 is 9.64 Å². The van der Waals surface area contributed by atoms with Crippen LogP contribution < -0.4 is 4.74 Å². The van der Waals surface area contributed by atoms with Crippen LogP contribution in [0.5, 0.6) is 5.75 Å². The first-order valence-corrected chi connectivity index (χ1v) is 8.88. The molecule has 0 radical (unpaired) electrons. The van der Waals surface area contributed by atoms with Gasteiger partial charge in [0.15, 0.2) is 0 Å². The molecule has 0 spiro atoms. The lowest BCUT2D eigenvalue weighted by molar-refractivity contribution is -0.133. The van der Waals surface area contributed by atoms with Gasteiger partial charge in [-0.15, -0.1) is 0 Å². The number of rotatable bonds is 7. The van der Waals surface area contributed by atoms with Crippen molar-refractivity contribution in [3.05, 3.63) is 29.8 Å². The summed E-state index contributed by atoms with van der Waals surface area (Å²) in [7, 11) is 0. The number of benzene rings is 1. The van der Waals surface area contributed by atoms with E-state index in [0.717, 1.165) is 30.5 Å². The Kier molecular flexibility index (Phi) is 6.55. The normalized spacial score (nSPS) is 15.1. The van der Waals surface area contributed by atoms with E-state index in [0.29, 0.717) is 19.1 Å². The van der Waals surface area contributed by atoms with E-state index < -0.39 is 0 Å². The quantitative estimate of drug-likeness (QED) is 0.695. The number of halogens is 1. The third-order valence-electron chi connectivity index (χ3n) is 3.99. The van der Waals surface area contributed by atoms with Gasteiger partial charge in [-0.05, 0) is 37.5 Å². The van der Waals surface area contributed by atoms with Crippen molar-refractivity contribution in [2.24, 2.45) is 0 Å². The Morgan fingerprint density at radius 1 is 1.38 bits per heavy atom. The van der Waals surface area contributed by atoms with Crippen LogP contribution in [0.25, 0.3) is 0 Å². The van der Waals surface area contributed by atoms with E-state index in [1.165, 1.54) is 18.4 Å². The van der Waals surface area contributed by atoms with Crippen molar-refractivity contribution in [1.82, 2.24) is 4.90 Å². The number of nitrogens with zero attached hydrogens (tertiary/aromatic N) is 1. The standard InChI is InChI=1S/C17H24BrNO2/c1-14-5-4-8-16(13-14)21-12-9-17(20)19(11-10-18)15-6-2-3-7-15/h4-5,8,13,15H,2-3,6-7,9-12H2,1H3. The predicted molar refractivity (Wildman–Crippen MR) is 89.1 cm³/mol. The second-order valence-corrected chi connectivity index (χ2v) is 6.42. The van der Waals surface area contributed by atoms with E-state index in [9.17, 15) is 4.79 Å². The summed E-state index contributed by atoms with van der Waals surface area (Å²) in [6.45, 7) is 3.29. The topological polar surface area (TPSA) is 29.5 Å². The number of carbonyl (C=O) groups is 1. The number of aryl methyl sites for hydroxylation is 1. The first-order chi connectivity index (χ1) is 10.2. The van der Waals surface area contributed by atoms with Gasteiger partial charge in [0.25, 0.3) is 0 Å². The van der Waals surface area contributed by atoms with E-state index in [-0.39, 0.29) is 5.91 Å². The van der Waals surface area contributed by atoms with E-state index >= 15 is 0 Å². The number of carbonyl (C=O) groups excluding carboxylic acids is 1. The summed E-state index contributed by atoms with van der Waals surface area (Å²) < 4.78 is 5.69. The van der Waals surface area contributed by atoms with Gasteiger partial charge in [-0.2, -0.15) is 0 Å². The zero-order valence-electron chi connectivity index (χ0n) is 12.7. The van der Waals surface area contributed by atoms with Crippen LogP contribution in [0.3, 0.4) is 0 Å². The second-order valence-electron chi connectivity index (χ2n) is 5.63. The summed E-state index contributed by atoms with van der Waals surface area (Å²) >= 11 is 3.45. The van der Waals surface area contributed by atoms with Crippen LogP contribution in [0.15, 0.2) is 24.3 Å². The second kappa shape index (κ2) is 8.42. The van der Waals surface area contributed by atoms with Crippen LogP contribution in [0.4, 0.5) is 0 Å². The van der Waals surface area contributed by atoms with Crippen LogP contribution in [-0.2, 0) is 4.79 Å². The average Bonchev–Trinajstić information content (AvgIpc) is 2.98. The molecule has 0 aliphatic heterocycles. The Morgan fingerprint density at radius 2 is 2.14 bits per heavy atom. The van der Waals surface area contributed by atoms with E-state index in [2.05, 4.69) is 15.9 Å². The lowest BCUT2D eigenvalue weighted by Crippen LogP contribution is -2.40. The Hall–Kier alpha value is -1.03. The third kappa shape index (κ3) is 5.03. The van der Waals surface area contributed by atoms with Gasteiger partial charge >= 0.3 is 0 Å². The van der Waals surface area contributed by atoms with Gasteiger partial charge in [-0.1, -0.05) is 40.9 Å². The fraction of sp³-hybridized carbons (Fsp3) is 0.588. The summed E-state index contributed by atoms with van der Waals surface area (Å²) in [5, 5.41) is 0.841. The van der Waals surface area contributed by atoms with Gasteiger partial charge in [-0.3, -0.25) is 4.79 Å². The van der Waals surface area contributed by atoms with Crippen molar-refractivity contribution in [3.8, 4) is 5.75 Å². The molecule has 1 aromatic carbocycles. The van der Waals surface area contributed by atoms with Crippen molar-refractivity contribution in [1.29, 1.82) is 0 Å². The van der Waals surface area contributed by atoms with Gasteiger partial charge in [0, 0.05) is 17.9 Å². The lowest BCUT2D eigenvalue weighted by Gasteiger charge is -2.28. The molecule has 1 aromatic rings. The predicted octanol–water partition coefficient (Wildman–Crippen LogP) is 3.93. The molecule has 1 aliphatic rings. The fourth-order valence-electron chi connectivity index (χ4n) is 2.92. The van der Waals surface area contributed by atoms with E-state index in [4.69, 9.17) is 4.74 Å². The van der Waals surface area contributed by atoms with Crippen molar-refractivity contribution >= 4 is 21.8 Å². The van der Waals surface area contributed by atoms with Crippen LogP contribution in [0.2, 0.25) is 0 Å². The highest BCUT2D eigenvalue weighted by Crippen LogP contribution is 2.24. The van der Waals surface area contributed by atoms with Crippen LogP contribution >= 0.6 is 15.9 Å². The number of hydrogen-bond donors (Lipinski definition) is 0. The van der Waals surface area contributed by atoms with Gasteiger partial charge in [0.2, 0.25) is 5.91 Å². The molecule has 1 aliphatic carbocycles. The van der Waals surface area contributed by atoms with Gasteiger partial charge in [0.05, 0.1) is 13.0 Å². The number of hydrogen-bond acceptors (Lipinski definition) is 2. The Bertz CT molecular complexity index is 458. The van der Waals surface area contributed by atoms with Crippen molar-refractivity contribution in [3.63, 3.8) is 0 Å². The lowest BCUT2D eigenvalue weighted by atomic mass is 10.2. The summed E-state index contributed by atoms with van der Waals surface area (Å²) in [5.74, 6) is 1.06. The molecule has 1 amide bonds. The Labute approximate surface area is 135 Å². The minimum atomic E-state index is 0.217. The summed E-state index contributed by atoms with van der Waals surface area (Å²) in [5.41, 5.74) is 1.17. The smallest absolute Gasteiger partial charge is 0.226 e. The molecule has 0 bridgehead atoms. The molecule has 21 heavy (non-hydrogen) atoms. The SMILES string of the molecule is Cc1cccc(OCCC(=O)N(CCBr)C2CCCC2)c1. The molecule has 0 saturated heterocycles. The number of amides is 1. The highest BCUT2D eigenvalue weighted by atomic mass is 79.9. The minimum absolute atomic E-state index is 0.217. The molecule has 0 N–H and O–H groups in total. The molecule has 4 heteroatoms. The molecule has 116 valence electrons. The molecule has 1 saturated carbocycles. The number of ether oxygens (including phenoxy) is 1. The molecule has 0 atom stereocenters. The fourth-order valence-corrected chi connectivity index (χ4v) is 3.30. The van der Waals surface area contributed by atoms with Crippen molar-refractivity contribution in [2.75, 3.05) is 18.5 Å². The minimum Gasteiger partial charge on any atom is -0.493 e. The molecule has 0 heterocycles. The van der Waals surface area contributed by atoms with Crippen molar-refractivity contribution < 1.29 is 9.53 Å². The third-order valence-corrected chi connectivity index (χ3v) is 4.34. The van der Waals surface area contributed by atoms with E-state index in [1.807, 2.05) is 36.1 Å². The molecule has 2 rings (SSSR count). The van der Waals surface area contributed by atoms with Crippen LogP contribution in [0.1, 0.15) is 37.7 Å². The average molecular weight is 354 g/mol. The molecular weight excluding hydrogens is 330 g/mol. The molecule has 0 unspecified atom stereocenters. The molecule has 0 aromatic heterocycles. The number of alkyl halides is 1. The highest BCUT2D eigenvalue weighted by Gasteiger charge is 2.25. The Balaban J connectivity index is 1.81. The zero-order chi connectivity index (χ0) is 15.1. The monoisotopic (exact) mass is 353 g/mol. The summed E-state index contributed by atoms with van der Waals surface area (Å²) in [6.07, 6.45) is 5.25. The summed E-state index contributed by atoms with van der Waals surface area (Å²) in [4.78, 5) is 14.4. The zero-order valence-corrected chi connectivity index (χ0v) is 14.3. The van der Waals surface area contributed by atoms with Gasteiger partial charge in [0.1, 0.15) is 5.75 Å². The highest BCUT2D eigenvalue weighted by molar-refractivity contribution is 9.09. The maximum absolute atomic E-state index is 12.4. The molecule has 1 fully saturated rings. The van der Waals surface area contributed by atoms with Crippen molar-refractivity contribution in [2.45, 2.75) is 45.1 Å². The molecule has 3 nitrogen and oxygen atoms in total. The maximum Gasteiger partial charge on any atom is 0.226 e. The van der Waals surface area contributed by atoms with E-state index in [1.54, 1.807) is 0 Å².